The molecule has 0 aliphatic rings. The predicted octanol–water partition coefficient (Wildman–Crippen LogP) is 2.49. The van der Waals surface area contributed by atoms with Crippen molar-refractivity contribution in [2.24, 2.45) is 0 Å². The Kier molecular flexibility index (Phi) is 5.04. The minimum Gasteiger partial charge on any atom is -0.868 e. The summed E-state index contributed by atoms with van der Waals surface area (Å²) in [6.45, 7) is 0. The smallest absolute Gasteiger partial charge is 0.266 e. The van der Waals surface area contributed by atoms with Crippen LogP contribution in [-0.2, 0) is 4.79 Å². The Bertz CT molecular complexity index is 935. The van der Waals surface area contributed by atoms with E-state index in [1.54, 1.807) is 6.07 Å². The molecule has 0 fully saturated rings. The molecule has 0 saturated carbocycles. The first-order chi connectivity index (χ1) is 11.8. The van der Waals surface area contributed by atoms with Gasteiger partial charge in [-0.15, -0.1) is 0 Å². The molecule has 0 heterocycles. The van der Waals surface area contributed by atoms with Crippen LogP contribution in [0.2, 0.25) is 0 Å². The maximum atomic E-state index is 13.5. The Balaban J connectivity index is 2.31. The van der Waals surface area contributed by atoms with Crippen LogP contribution in [0.4, 0.5) is 20.2 Å². The second-order valence-corrected chi connectivity index (χ2v) is 4.73. The van der Waals surface area contributed by atoms with Crippen LogP contribution in [0.15, 0.2) is 42.0 Å². The lowest BCUT2D eigenvalue weighted by molar-refractivity contribution is -0.398. The fourth-order valence-corrected chi connectivity index (χ4v) is 1.86. The van der Waals surface area contributed by atoms with E-state index in [0.29, 0.717) is 6.07 Å². The van der Waals surface area contributed by atoms with Gasteiger partial charge in [0, 0.05) is 12.1 Å². The molecule has 25 heavy (non-hydrogen) atoms. The molecule has 0 radical (unpaired) electrons. The molecule has 0 spiro atoms. The molecule has 126 valence electrons. The number of nitrogens with one attached hydrogen (secondary N) is 1. The molecule has 0 aliphatic carbocycles. The molecule has 0 bridgehead atoms. The van der Waals surface area contributed by atoms with Crippen LogP contribution in [-0.4, -0.2) is 10.8 Å². The monoisotopic (exact) mass is 344 g/mol. The lowest BCUT2D eigenvalue weighted by atomic mass is 10.1. The van der Waals surface area contributed by atoms with Crippen LogP contribution in [0.25, 0.3) is 6.08 Å². The number of nitro groups is 1. The third kappa shape index (κ3) is 4.14. The van der Waals surface area contributed by atoms with Gasteiger partial charge in [0.05, 0.1) is 10.6 Å². The zero-order valence-electron chi connectivity index (χ0n) is 12.3. The van der Waals surface area contributed by atoms with Crippen LogP contribution < -0.4 is 10.4 Å². The number of carbonyl (C=O) groups excluding carboxylic acids is 1. The number of nitriles is 1. The molecule has 0 saturated heterocycles. The summed E-state index contributed by atoms with van der Waals surface area (Å²) in [5.41, 5.74) is -1.47. The molecule has 2 aromatic carbocycles. The van der Waals surface area contributed by atoms with Crippen molar-refractivity contribution in [1.82, 2.24) is 0 Å². The first-order valence-electron chi connectivity index (χ1n) is 6.65. The first-order valence-corrected chi connectivity index (χ1v) is 6.65. The van der Waals surface area contributed by atoms with E-state index in [4.69, 9.17) is 5.26 Å². The molecule has 0 unspecified atom stereocenters. The summed E-state index contributed by atoms with van der Waals surface area (Å²) in [4.78, 5) is 21.9. The maximum absolute atomic E-state index is 13.5. The van der Waals surface area contributed by atoms with E-state index in [1.165, 1.54) is 6.07 Å². The number of hydrogen-bond acceptors (Lipinski definition) is 5. The van der Waals surface area contributed by atoms with E-state index in [9.17, 15) is 28.8 Å². The highest BCUT2D eigenvalue weighted by Gasteiger charge is 2.14. The van der Waals surface area contributed by atoms with E-state index < -0.39 is 39.5 Å². The molecule has 1 N–H and O–H groups in total. The van der Waals surface area contributed by atoms with Gasteiger partial charge in [0.15, 0.2) is 0 Å². The summed E-state index contributed by atoms with van der Waals surface area (Å²) in [5, 5.41) is 33.2. The number of carbonyl (C=O) groups is 1. The average Bonchev–Trinajstić information content (AvgIpc) is 2.56. The van der Waals surface area contributed by atoms with Crippen molar-refractivity contribution >= 4 is 23.4 Å². The topological polar surface area (TPSA) is 119 Å². The number of rotatable bonds is 4. The SMILES string of the molecule is N#C/C(=C\c1ccc([O-])c([N+](=O)[O-])c1)C(=O)Nc1ccc(F)cc1F. The molecule has 9 heteroatoms. The van der Waals surface area contributed by atoms with Crippen molar-refractivity contribution in [3.8, 4) is 11.8 Å². The van der Waals surface area contributed by atoms with Crippen LogP contribution in [0.5, 0.6) is 5.75 Å². The number of halogens is 2. The third-order valence-corrected chi connectivity index (χ3v) is 3.04. The Morgan fingerprint density at radius 3 is 2.56 bits per heavy atom. The molecular weight excluding hydrogens is 336 g/mol. The van der Waals surface area contributed by atoms with Gasteiger partial charge >= 0.3 is 0 Å². The number of anilines is 1. The van der Waals surface area contributed by atoms with Gasteiger partial charge in [0.1, 0.15) is 23.3 Å². The minimum absolute atomic E-state index is 0.0672. The van der Waals surface area contributed by atoms with Crippen LogP contribution >= 0.6 is 0 Å². The van der Waals surface area contributed by atoms with Gasteiger partial charge in [-0.05, 0) is 29.5 Å². The van der Waals surface area contributed by atoms with Gasteiger partial charge in [0.25, 0.3) is 11.6 Å². The van der Waals surface area contributed by atoms with Gasteiger partial charge in [-0.1, -0.05) is 12.1 Å². The van der Waals surface area contributed by atoms with E-state index in [-0.39, 0.29) is 11.3 Å². The van der Waals surface area contributed by atoms with Gasteiger partial charge in [-0.2, -0.15) is 5.26 Å². The summed E-state index contributed by atoms with van der Waals surface area (Å²) in [6, 6.07) is 7.06. The number of benzene rings is 2. The molecule has 1 amide bonds. The zero-order chi connectivity index (χ0) is 18.6. The lowest BCUT2D eigenvalue weighted by Crippen LogP contribution is -2.14. The fourth-order valence-electron chi connectivity index (χ4n) is 1.86. The largest absolute Gasteiger partial charge is 0.868 e. The van der Waals surface area contributed by atoms with Crippen molar-refractivity contribution in [3.63, 3.8) is 0 Å². The maximum Gasteiger partial charge on any atom is 0.266 e. The third-order valence-electron chi connectivity index (χ3n) is 3.04. The van der Waals surface area contributed by atoms with Crippen molar-refractivity contribution in [2.45, 2.75) is 0 Å². The highest BCUT2D eigenvalue weighted by molar-refractivity contribution is 6.09. The van der Waals surface area contributed by atoms with Gasteiger partial charge < -0.3 is 10.4 Å². The van der Waals surface area contributed by atoms with Crippen LogP contribution in [0, 0.1) is 33.1 Å². The standard InChI is InChI=1S/C16H9F2N3O4/c17-11-2-3-13(12(18)7-11)20-16(23)10(8-19)5-9-1-4-15(22)14(6-9)21(24)25/h1-7,22H,(H,20,23)/p-1/b10-5+. The molecule has 7 nitrogen and oxygen atoms in total. The van der Waals surface area contributed by atoms with Crippen molar-refractivity contribution < 1.29 is 23.6 Å². The number of amides is 1. The summed E-state index contributed by atoms with van der Waals surface area (Å²) in [7, 11) is 0. The Hall–Kier alpha value is -3.80. The predicted molar refractivity (Wildman–Crippen MR) is 81.1 cm³/mol. The van der Waals surface area contributed by atoms with E-state index in [2.05, 4.69) is 5.32 Å². The van der Waals surface area contributed by atoms with Crippen molar-refractivity contribution in [1.29, 1.82) is 5.26 Å². The summed E-state index contributed by atoms with van der Waals surface area (Å²) in [6.07, 6.45) is 1.00. The second kappa shape index (κ2) is 7.18. The molecule has 2 aromatic rings. The number of hydrogen-bond donors (Lipinski definition) is 1. The highest BCUT2D eigenvalue weighted by Crippen LogP contribution is 2.25. The minimum atomic E-state index is -1.03. The van der Waals surface area contributed by atoms with E-state index >= 15 is 0 Å². The Morgan fingerprint density at radius 1 is 1.24 bits per heavy atom. The lowest BCUT2D eigenvalue weighted by Gasteiger charge is -2.07. The molecular formula is C16H8F2N3O4-. The Morgan fingerprint density at radius 2 is 1.96 bits per heavy atom. The summed E-state index contributed by atoms with van der Waals surface area (Å²) in [5.74, 6) is -3.69. The second-order valence-electron chi connectivity index (χ2n) is 4.73. The fraction of sp³-hybridized carbons (Fsp3) is 0. The summed E-state index contributed by atoms with van der Waals surface area (Å²) < 4.78 is 26.4. The van der Waals surface area contributed by atoms with Crippen LogP contribution in [0.1, 0.15) is 5.56 Å². The molecule has 0 aliphatic heterocycles. The summed E-state index contributed by atoms with van der Waals surface area (Å²) >= 11 is 0. The number of nitro benzene ring substituents is 1. The molecule has 0 atom stereocenters. The Labute approximate surface area is 139 Å². The van der Waals surface area contributed by atoms with E-state index in [1.807, 2.05) is 0 Å². The highest BCUT2D eigenvalue weighted by atomic mass is 19.1. The molecule has 2 rings (SSSR count). The first kappa shape index (κ1) is 17.6. The normalized spacial score (nSPS) is 10.8. The van der Waals surface area contributed by atoms with E-state index in [0.717, 1.165) is 30.3 Å². The van der Waals surface area contributed by atoms with Crippen molar-refractivity contribution in [2.75, 3.05) is 5.32 Å². The van der Waals surface area contributed by atoms with Crippen molar-refractivity contribution in [3.05, 3.63) is 69.3 Å². The molecule has 0 aromatic heterocycles. The average molecular weight is 344 g/mol. The van der Waals surface area contributed by atoms with Gasteiger partial charge in [-0.3, -0.25) is 14.9 Å². The zero-order valence-corrected chi connectivity index (χ0v) is 12.3. The van der Waals surface area contributed by atoms with Gasteiger partial charge in [0.2, 0.25) is 0 Å². The van der Waals surface area contributed by atoms with Crippen LogP contribution in [0.3, 0.4) is 0 Å². The van der Waals surface area contributed by atoms with Gasteiger partial charge in [-0.25, -0.2) is 8.78 Å². The quantitative estimate of drug-likeness (QED) is 0.395. The number of nitrogens with zero attached hydrogens (tertiary/aromatic N) is 2.